The number of anilines is 1. The number of aromatic nitrogens is 3. The molecule has 0 unspecified atom stereocenters. The van der Waals surface area contributed by atoms with Gasteiger partial charge in [-0.15, -0.1) is 10.2 Å². The zero-order valence-corrected chi connectivity index (χ0v) is 19.7. The molecular weight excluding hydrogens is 470 g/mol. The number of carbonyl (C=O) groups excluding carboxylic acids is 1. The molecule has 0 spiro atoms. The molecule has 0 aliphatic rings. The first-order valence-electron chi connectivity index (χ1n) is 10.4. The molecule has 4 aromatic rings. The number of thioether (sulfide) groups is 1. The number of para-hydroxylation sites is 1. The van der Waals surface area contributed by atoms with Crippen molar-refractivity contribution in [3.8, 4) is 28.6 Å². The Hall–Kier alpha value is -4.38. The summed E-state index contributed by atoms with van der Waals surface area (Å²) in [4.78, 5) is 23.5. The van der Waals surface area contributed by atoms with Gasteiger partial charge in [-0.3, -0.25) is 19.5 Å². The molecule has 10 nitrogen and oxygen atoms in total. The maximum absolute atomic E-state index is 12.7. The van der Waals surface area contributed by atoms with E-state index in [0.717, 1.165) is 17.0 Å². The van der Waals surface area contributed by atoms with Crippen LogP contribution >= 0.6 is 11.8 Å². The van der Waals surface area contributed by atoms with E-state index < -0.39 is 10.8 Å². The minimum atomic E-state index is -0.571. The number of carbonyl (C=O) groups is 1. The zero-order chi connectivity index (χ0) is 24.8. The van der Waals surface area contributed by atoms with Crippen molar-refractivity contribution in [2.24, 2.45) is 0 Å². The van der Waals surface area contributed by atoms with Gasteiger partial charge in [0.05, 0.1) is 31.0 Å². The van der Waals surface area contributed by atoms with Crippen LogP contribution in [-0.2, 0) is 4.79 Å². The third kappa shape index (κ3) is 5.41. The van der Waals surface area contributed by atoms with Gasteiger partial charge in [0.2, 0.25) is 5.91 Å². The van der Waals surface area contributed by atoms with Crippen molar-refractivity contribution in [2.75, 3.05) is 25.3 Å². The molecule has 3 aromatic carbocycles. The van der Waals surface area contributed by atoms with Gasteiger partial charge in [0.15, 0.2) is 11.0 Å². The lowest BCUT2D eigenvalue weighted by Crippen LogP contribution is -2.15. The highest BCUT2D eigenvalue weighted by Crippen LogP contribution is 2.31. The molecule has 0 saturated carbocycles. The summed E-state index contributed by atoms with van der Waals surface area (Å²) in [7, 11) is 3.01. The molecule has 1 aromatic heterocycles. The van der Waals surface area contributed by atoms with Crippen molar-refractivity contribution >= 4 is 29.0 Å². The van der Waals surface area contributed by atoms with Crippen LogP contribution < -0.4 is 14.8 Å². The van der Waals surface area contributed by atoms with Gasteiger partial charge >= 0.3 is 0 Å². The summed E-state index contributed by atoms with van der Waals surface area (Å²) in [6.45, 7) is 0. The third-order valence-electron chi connectivity index (χ3n) is 5.00. The van der Waals surface area contributed by atoms with E-state index in [1.54, 1.807) is 13.2 Å². The number of nitrogens with one attached hydrogen (secondary N) is 1. The number of nitro groups is 1. The molecule has 11 heteroatoms. The Balaban J connectivity index is 1.57. The molecule has 0 aliphatic carbocycles. The fraction of sp³-hybridized carbons (Fsp3) is 0.125. The maximum atomic E-state index is 12.7. The van der Waals surface area contributed by atoms with Gasteiger partial charge in [0.1, 0.15) is 17.2 Å². The number of hydrogen-bond acceptors (Lipinski definition) is 8. The van der Waals surface area contributed by atoms with E-state index in [1.165, 1.54) is 31.0 Å². The lowest BCUT2D eigenvalue weighted by atomic mass is 10.2. The van der Waals surface area contributed by atoms with Crippen LogP contribution in [0.5, 0.6) is 11.5 Å². The molecule has 0 radical (unpaired) electrons. The number of methoxy groups -OCH3 is 2. The van der Waals surface area contributed by atoms with Gasteiger partial charge in [0, 0.05) is 11.3 Å². The average Bonchev–Trinajstić information content (AvgIpc) is 3.32. The standard InChI is InChI=1S/C24H21N5O5S/c1-33-18-10-8-16(9-11-18)23-26-27-24(28(23)17-6-4-3-5-7-17)35-15-22(30)25-20-13-12-19(34-2)14-21(20)29(31)32/h3-14H,15H2,1-2H3,(H,25,30). The van der Waals surface area contributed by atoms with Crippen LogP contribution in [0.2, 0.25) is 0 Å². The quantitative estimate of drug-likeness (QED) is 0.205. The van der Waals surface area contributed by atoms with Gasteiger partial charge in [-0.05, 0) is 48.5 Å². The molecule has 1 amide bonds. The lowest BCUT2D eigenvalue weighted by molar-refractivity contribution is -0.384. The number of nitro benzene ring substituents is 1. The van der Waals surface area contributed by atoms with E-state index >= 15 is 0 Å². The smallest absolute Gasteiger partial charge is 0.296 e. The maximum Gasteiger partial charge on any atom is 0.296 e. The van der Waals surface area contributed by atoms with Crippen molar-refractivity contribution in [3.63, 3.8) is 0 Å². The molecule has 0 atom stereocenters. The third-order valence-corrected chi connectivity index (χ3v) is 5.93. The van der Waals surface area contributed by atoms with Crippen molar-refractivity contribution in [2.45, 2.75) is 5.16 Å². The van der Waals surface area contributed by atoms with Gasteiger partial charge in [-0.25, -0.2) is 0 Å². The number of amides is 1. The number of nitrogens with zero attached hydrogens (tertiary/aromatic N) is 4. The van der Waals surface area contributed by atoms with E-state index in [4.69, 9.17) is 9.47 Å². The first kappa shape index (κ1) is 23.8. The van der Waals surface area contributed by atoms with Crippen LogP contribution in [0.25, 0.3) is 17.1 Å². The zero-order valence-electron chi connectivity index (χ0n) is 18.9. The normalized spacial score (nSPS) is 10.6. The SMILES string of the molecule is COc1ccc(-c2nnc(SCC(=O)Nc3ccc(OC)cc3[N+](=O)[O-])n2-c2ccccc2)cc1. The summed E-state index contributed by atoms with van der Waals surface area (Å²) in [5.74, 6) is 1.20. The average molecular weight is 492 g/mol. The lowest BCUT2D eigenvalue weighted by Gasteiger charge is -2.11. The minimum Gasteiger partial charge on any atom is -0.497 e. The molecule has 0 bridgehead atoms. The highest BCUT2D eigenvalue weighted by Gasteiger charge is 2.20. The Morgan fingerprint density at radius 3 is 2.34 bits per heavy atom. The summed E-state index contributed by atoms with van der Waals surface area (Å²) >= 11 is 1.17. The Morgan fingerprint density at radius 2 is 1.69 bits per heavy atom. The van der Waals surface area contributed by atoms with E-state index in [2.05, 4.69) is 15.5 Å². The van der Waals surface area contributed by atoms with Crippen LogP contribution in [0.4, 0.5) is 11.4 Å². The van der Waals surface area contributed by atoms with Crippen molar-refractivity contribution in [3.05, 3.63) is 82.9 Å². The number of benzene rings is 3. The molecule has 0 aliphatic heterocycles. The summed E-state index contributed by atoms with van der Waals surface area (Å²) < 4.78 is 12.1. The highest BCUT2D eigenvalue weighted by molar-refractivity contribution is 7.99. The second-order valence-electron chi connectivity index (χ2n) is 7.18. The molecule has 1 heterocycles. The second kappa shape index (κ2) is 10.7. The van der Waals surface area contributed by atoms with Crippen LogP contribution in [-0.4, -0.2) is 45.6 Å². The van der Waals surface area contributed by atoms with E-state index in [1.807, 2.05) is 59.2 Å². The fourth-order valence-corrected chi connectivity index (χ4v) is 4.06. The summed E-state index contributed by atoms with van der Waals surface area (Å²) in [5, 5.41) is 23.1. The van der Waals surface area contributed by atoms with E-state index in [0.29, 0.717) is 16.7 Å². The molecular formula is C24H21N5O5S. The Kier molecular flexibility index (Phi) is 7.27. The van der Waals surface area contributed by atoms with E-state index in [-0.39, 0.29) is 17.1 Å². The second-order valence-corrected chi connectivity index (χ2v) is 8.13. The Morgan fingerprint density at radius 1 is 1.00 bits per heavy atom. The van der Waals surface area contributed by atoms with Crippen LogP contribution in [0.15, 0.2) is 78.0 Å². The Labute approximate surface area is 205 Å². The van der Waals surface area contributed by atoms with Crippen molar-refractivity contribution in [1.29, 1.82) is 0 Å². The number of rotatable bonds is 9. The van der Waals surface area contributed by atoms with Crippen LogP contribution in [0.1, 0.15) is 0 Å². The highest BCUT2D eigenvalue weighted by atomic mass is 32.2. The van der Waals surface area contributed by atoms with Gasteiger partial charge in [-0.1, -0.05) is 30.0 Å². The predicted octanol–water partition coefficient (Wildman–Crippen LogP) is 4.59. The molecule has 1 N–H and O–H groups in total. The largest absolute Gasteiger partial charge is 0.497 e. The van der Waals surface area contributed by atoms with Crippen molar-refractivity contribution in [1.82, 2.24) is 14.8 Å². The molecule has 178 valence electrons. The summed E-state index contributed by atoms with van der Waals surface area (Å²) in [6, 6.07) is 21.2. The van der Waals surface area contributed by atoms with Gasteiger partial charge < -0.3 is 14.8 Å². The Bertz CT molecular complexity index is 1340. The first-order valence-corrected chi connectivity index (χ1v) is 11.4. The van der Waals surface area contributed by atoms with Gasteiger partial charge in [-0.2, -0.15) is 0 Å². The number of hydrogen-bond donors (Lipinski definition) is 1. The first-order chi connectivity index (χ1) is 17.0. The fourth-order valence-electron chi connectivity index (χ4n) is 3.31. The van der Waals surface area contributed by atoms with Crippen LogP contribution in [0.3, 0.4) is 0 Å². The predicted molar refractivity (Wildman–Crippen MR) is 132 cm³/mol. The minimum absolute atomic E-state index is 0.0310. The molecule has 0 fully saturated rings. The summed E-state index contributed by atoms with van der Waals surface area (Å²) in [5.41, 5.74) is 1.49. The van der Waals surface area contributed by atoms with E-state index in [9.17, 15) is 14.9 Å². The summed E-state index contributed by atoms with van der Waals surface area (Å²) in [6.07, 6.45) is 0. The molecule has 35 heavy (non-hydrogen) atoms. The topological polar surface area (TPSA) is 121 Å². The molecule has 4 rings (SSSR count). The molecule has 0 saturated heterocycles. The van der Waals surface area contributed by atoms with Gasteiger partial charge in [0.25, 0.3) is 5.69 Å². The monoisotopic (exact) mass is 491 g/mol. The van der Waals surface area contributed by atoms with Crippen LogP contribution in [0, 0.1) is 10.1 Å². The number of ether oxygens (including phenoxy) is 2. The van der Waals surface area contributed by atoms with Crippen molar-refractivity contribution < 1.29 is 19.2 Å².